The van der Waals surface area contributed by atoms with Crippen LogP contribution in [0, 0.1) is 0 Å². The average Bonchev–Trinajstić information content (AvgIpc) is 2.82. The summed E-state index contributed by atoms with van der Waals surface area (Å²) in [5.41, 5.74) is 4.77. The van der Waals surface area contributed by atoms with Gasteiger partial charge in [-0.3, -0.25) is 20.4 Å². The Bertz CT molecular complexity index is 704. The maximum absolute atomic E-state index is 11.6. The molecule has 0 fully saturated rings. The molecule has 0 aliphatic carbocycles. The second kappa shape index (κ2) is 8.93. The zero-order chi connectivity index (χ0) is 18.2. The number of amides is 2. The molecule has 0 atom stereocenters. The molecular formula is C16H17ClN2O6. The van der Waals surface area contributed by atoms with Gasteiger partial charge in [-0.25, -0.2) is 4.79 Å². The zero-order valence-electron chi connectivity index (χ0n) is 13.5. The van der Waals surface area contributed by atoms with Gasteiger partial charge in [-0.2, -0.15) is 0 Å². The Morgan fingerprint density at radius 2 is 2.00 bits per heavy atom. The van der Waals surface area contributed by atoms with E-state index in [1.165, 1.54) is 13.0 Å². The van der Waals surface area contributed by atoms with E-state index in [0.717, 1.165) is 12.5 Å². The van der Waals surface area contributed by atoms with Crippen molar-refractivity contribution in [1.29, 1.82) is 0 Å². The largest absolute Gasteiger partial charge is 0.489 e. The summed E-state index contributed by atoms with van der Waals surface area (Å²) >= 11 is 6.16. The highest BCUT2D eigenvalue weighted by Gasteiger charge is 2.15. The van der Waals surface area contributed by atoms with Gasteiger partial charge < -0.3 is 14.2 Å². The fraction of sp³-hybridized carbons (Fsp3) is 0.312. The molecular weight excluding hydrogens is 352 g/mol. The number of hydrazine groups is 1. The van der Waals surface area contributed by atoms with Crippen LogP contribution in [0.5, 0.6) is 11.5 Å². The van der Waals surface area contributed by atoms with E-state index >= 15 is 0 Å². The quantitative estimate of drug-likeness (QED) is 0.470. The van der Waals surface area contributed by atoms with Crippen LogP contribution in [-0.4, -0.2) is 37.6 Å². The predicted molar refractivity (Wildman–Crippen MR) is 89.0 cm³/mol. The van der Waals surface area contributed by atoms with Crippen molar-refractivity contribution in [2.45, 2.75) is 13.3 Å². The molecule has 1 aromatic rings. The summed E-state index contributed by atoms with van der Waals surface area (Å²) in [5, 5.41) is 0.377. The van der Waals surface area contributed by atoms with E-state index in [-0.39, 0.29) is 0 Å². The molecule has 2 amide bonds. The van der Waals surface area contributed by atoms with Gasteiger partial charge in [0.2, 0.25) is 5.91 Å². The number of carbonyl (C=O) groups is 3. The van der Waals surface area contributed by atoms with E-state index in [4.69, 9.17) is 25.8 Å². The standard InChI is InChI=1S/C16H17ClN2O6/c1-10(20)18-19-14(21)9-25-15(22)4-3-11-7-12(17)16-13(8-11)23-5-2-6-24-16/h3-4,7-8H,2,5-6,9H2,1H3,(H,18,20)(H,19,21)/b4-3+. The van der Waals surface area contributed by atoms with Crippen LogP contribution in [-0.2, 0) is 19.1 Å². The van der Waals surface area contributed by atoms with Gasteiger partial charge in [-0.1, -0.05) is 11.6 Å². The number of nitrogens with one attached hydrogen (secondary N) is 2. The molecule has 1 aliphatic heterocycles. The van der Waals surface area contributed by atoms with Crippen LogP contribution in [0.1, 0.15) is 18.9 Å². The molecule has 134 valence electrons. The topological polar surface area (TPSA) is 103 Å². The van der Waals surface area contributed by atoms with Crippen molar-refractivity contribution in [1.82, 2.24) is 10.9 Å². The number of hydrogen-bond acceptors (Lipinski definition) is 6. The average molecular weight is 369 g/mol. The first kappa shape index (κ1) is 18.6. The number of rotatable bonds is 4. The number of ether oxygens (including phenoxy) is 3. The van der Waals surface area contributed by atoms with E-state index in [2.05, 4.69) is 10.9 Å². The molecule has 0 bridgehead atoms. The lowest BCUT2D eigenvalue weighted by atomic mass is 10.2. The third kappa shape index (κ3) is 6.00. The number of benzene rings is 1. The fourth-order valence-electron chi connectivity index (χ4n) is 1.89. The Morgan fingerprint density at radius 3 is 2.76 bits per heavy atom. The van der Waals surface area contributed by atoms with Crippen molar-refractivity contribution in [3.63, 3.8) is 0 Å². The minimum atomic E-state index is -0.721. The Hall–Kier alpha value is -2.74. The molecule has 25 heavy (non-hydrogen) atoms. The Labute approximate surface area is 149 Å². The van der Waals surface area contributed by atoms with Crippen molar-refractivity contribution in [3.05, 3.63) is 28.8 Å². The van der Waals surface area contributed by atoms with E-state index in [1.807, 2.05) is 0 Å². The minimum Gasteiger partial charge on any atom is -0.489 e. The normalized spacial score (nSPS) is 13.0. The molecule has 0 aromatic heterocycles. The highest BCUT2D eigenvalue weighted by molar-refractivity contribution is 6.32. The lowest BCUT2D eigenvalue weighted by molar-refractivity contribution is -0.144. The first-order valence-corrected chi connectivity index (χ1v) is 7.83. The third-order valence-corrected chi connectivity index (χ3v) is 3.24. The Balaban J connectivity index is 1.91. The first-order chi connectivity index (χ1) is 12.0. The molecule has 9 heteroatoms. The summed E-state index contributed by atoms with van der Waals surface area (Å²) in [6, 6.07) is 3.32. The molecule has 1 aliphatic rings. The molecule has 0 radical (unpaired) electrons. The van der Waals surface area contributed by atoms with Gasteiger partial charge in [0.1, 0.15) is 0 Å². The molecule has 2 N–H and O–H groups in total. The predicted octanol–water partition coefficient (Wildman–Crippen LogP) is 1.22. The Morgan fingerprint density at radius 1 is 1.24 bits per heavy atom. The van der Waals surface area contributed by atoms with E-state index in [9.17, 15) is 14.4 Å². The summed E-state index contributed by atoms with van der Waals surface area (Å²) < 4.78 is 15.8. The summed E-state index contributed by atoms with van der Waals surface area (Å²) in [6.07, 6.45) is 3.39. The second-order valence-electron chi connectivity index (χ2n) is 5.05. The lowest BCUT2D eigenvalue weighted by Crippen LogP contribution is -2.42. The van der Waals surface area contributed by atoms with Crippen LogP contribution in [0.25, 0.3) is 6.08 Å². The van der Waals surface area contributed by atoms with Crippen LogP contribution in [0.15, 0.2) is 18.2 Å². The summed E-state index contributed by atoms with van der Waals surface area (Å²) in [7, 11) is 0. The number of fused-ring (bicyclic) bond motifs is 1. The van der Waals surface area contributed by atoms with Crippen molar-refractivity contribution in [3.8, 4) is 11.5 Å². The molecule has 1 aromatic carbocycles. The smallest absolute Gasteiger partial charge is 0.331 e. The molecule has 8 nitrogen and oxygen atoms in total. The van der Waals surface area contributed by atoms with Crippen molar-refractivity contribution in [2.24, 2.45) is 0 Å². The summed E-state index contributed by atoms with van der Waals surface area (Å²) in [6.45, 7) is 1.75. The summed E-state index contributed by atoms with van der Waals surface area (Å²) in [4.78, 5) is 33.5. The van der Waals surface area contributed by atoms with Gasteiger partial charge >= 0.3 is 5.97 Å². The maximum atomic E-state index is 11.6. The van der Waals surface area contributed by atoms with Crippen LogP contribution >= 0.6 is 11.6 Å². The van der Waals surface area contributed by atoms with Gasteiger partial charge in [0.05, 0.1) is 18.2 Å². The molecule has 0 spiro atoms. The van der Waals surface area contributed by atoms with Crippen LogP contribution < -0.4 is 20.3 Å². The van der Waals surface area contributed by atoms with Gasteiger partial charge in [0.15, 0.2) is 18.1 Å². The highest BCUT2D eigenvalue weighted by Crippen LogP contribution is 2.38. The number of hydrogen-bond donors (Lipinski definition) is 2. The summed E-state index contributed by atoms with van der Waals surface area (Å²) in [5.74, 6) is -0.830. The number of halogens is 1. The van der Waals surface area contributed by atoms with Gasteiger partial charge in [0, 0.05) is 19.4 Å². The zero-order valence-corrected chi connectivity index (χ0v) is 14.2. The van der Waals surface area contributed by atoms with E-state index < -0.39 is 24.4 Å². The van der Waals surface area contributed by atoms with Crippen LogP contribution in [0.3, 0.4) is 0 Å². The van der Waals surface area contributed by atoms with Crippen molar-refractivity contribution < 1.29 is 28.6 Å². The third-order valence-electron chi connectivity index (χ3n) is 2.96. The molecule has 0 saturated heterocycles. The SMILES string of the molecule is CC(=O)NNC(=O)COC(=O)/C=C/c1cc(Cl)c2c(c1)OCCCO2. The van der Waals surface area contributed by atoms with Crippen molar-refractivity contribution >= 4 is 35.5 Å². The first-order valence-electron chi connectivity index (χ1n) is 7.45. The monoisotopic (exact) mass is 368 g/mol. The maximum Gasteiger partial charge on any atom is 0.331 e. The van der Waals surface area contributed by atoms with E-state index in [0.29, 0.717) is 35.3 Å². The molecule has 0 unspecified atom stereocenters. The van der Waals surface area contributed by atoms with E-state index in [1.54, 1.807) is 12.1 Å². The number of esters is 1. The number of carbonyl (C=O) groups excluding carboxylic acids is 3. The second-order valence-corrected chi connectivity index (χ2v) is 5.46. The lowest BCUT2D eigenvalue weighted by Gasteiger charge is -2.10. The fourth-order valence-corrected chi connectivity index (χ4v) is 2.16. The minimum absolute atomic E-state index is 0.377. The van der Waals surface area contributed by atoms with Crippen molar-refractivity contribution in [2.75, 3.05) is 19.8 Å². The Kier molecular flexibility index (Phi) is 6.64. The highest BCUT2D eigenvalue weighted by atomic mass is 35.5. The molecule has 1 heterocycles. The molecule has 0 saturated carbocycles. The van der Waals surface area contributed by atoms with Crippen LogP contribution in [0.4, 0.5) is 0 Å². The molecule has 2 rings (SSSR count). The van der Waals surface area contributed by atoms with Gasteiger partial charge in [0.25, 0.3) is 5.91 Å². The van der Waals surface area contributed by atoms with Gasteiger partial charge in [-0.05, 0) is 23.8 Å². The van der Waals surface area contributed by atoms with Gasteiger partial charge in [-0.15, -0.1) is 0 Å². The van der Waals surface area contributed by atoms with Crippen LogP contribution in [0.2, 0.25) is 5.02 Å².